The van der Waals surface area contributed by atoms with Gasteiger partial charge in [-0.2, -0.15) is 0 Å². The van der Waals surface area contributed by atoms with E-state index >= 15 is 0 Å². The van der Waals surface area contributed by atoms with E-state index < -0.39 is 0 Å². The number of amides is 1. The lowest BCUT2D eigenvalue weighted by Crippen LogP contribution is -2.35. The first kappa shape index (κ1) is 11.9. The highest BCUT2D eigenvalue weighted by molar-refractivity contribution is 5.94. The number of rotatable bonds is 2. The van der Waals surface area contributed by atoms with Crippen LogP contribution in [0.5, 0.6) is 5.75 Å². The Kier molecular flexibility index (Phi) is 3.98. The molecular formula is C13H18N2O2. The minimum Gasteiger partial charge on any atom is -0.508 e. The van der Waals surface area contributed by atoms with Gasteiger partial charge in [-0.25, -0.2) is 0 Å². The third-order valence-electron chi connectivity index (χ3n) is 3.04. The Labute approximate surface area is 101 Å². The molecule has 0 saturated carbocycles. The first-order valence-corrected chi connectivity index (χ1v) is 6.06. The van der Waals surface area contributed by atoms with E-state index in [4.69, 9.17) is 5.11 Å². The van der Waals surface area contributed by atoms with E-state index in [1.165, 1.54) is 12.1 Å². The predicted molar refractivity (Wildman–Crippen MR) is 66.1 cm³/mol. The summed E-state index contributed by atoms with van der Waals surface area (Å²) in [5.74, 6) is 0.122. The number of carbonyl (C=O) groups is 1. The van der Waals surface area contributed by atoms with Crippen LogP contribution in [0.4, 0.5) is 0 Å². The minimum atomic E-state index is -0.0584. The van der Waals surface area contributed by atoms with Crippen molar-refractivity contribution >= 4 is 5.91 Å². The molecule has 0 radical (unpaired) electrons. The topological polar surface area (TPSA) is 61.4 Å². The zero-order valence-corrected chi connectivity index (χ0v) is 9.78. The van der Waals surface area contributed by atoms with Crippen molar-refractivity contribution in [2.24, 2.45) is 0 Å². The van der Waals surface area contributed by atoms with Crippen LogP contribution in [0.3, 0.4) is 0 Å². The first-order chi connectivity index (χ1) is 8.25. The summed E-state index contributed by atoms with van der Waals surface area (Å²) in [5.41, 5.74) is 0.597. The summed E-state index contributed by atoms with van der Waals surface area (Å²) in [7, 11) is 0. The molecule has 2 rings (SSSR count). The quantitative estimate of drug-likeness (QED) is 0.722. The highest BCUT2D eigenvalue weighted by atomic mass is 16.3. The normalized spacial score (nSPS) is 20.6. The summed E-state index contributed by atoms with van der Waals surface area (Å²) < 4.78 is 0. The van der Waals surface area contributed by atoms with E-state index in [2.05, 4.69) is 10.6 Å². The Hall–Kier alpha value is -1.55. The molecule has 0 bridgehead atoms. The molecule has 92 valence electrons. The molecule has 4 heteroatoms. The third-order valence-corrected chi connectivity index (χ3v) is 3.04. The highest BCUT2D eigenvalue weighted by Crippen LogP contribution is 2.11. The number of hydrogen-bond donors (Lipinski definition) is 3. The van der Waals surface area contributed by atoms with Gasteiger partial charge in [0.15, 0.2) is 0 Å². The Bertz CT molecular complexity index is 368. The van der Waals surface area contributed by atoms with Gasteiger partial charge in [-0.05, 0) is 56.6 Å². The Morgan fingerprint density at radius 3 is 2.76 bits per heavy atom. The summed E-state index contributed by atoms with van der Waals surface area (Å²) in [6.45, 7) is 1.99. The first-order valence-electron chi connectivity index (χ1n) is 6.06. The molecule has 0 aliphatic carbocycles. The molecule has 0 spiro atoms. The SMILES string of the molecule is O=C(NC1CCCNCC1)c1ccc(O)cc1. The zero-order chi connectivity index (χ0) is 12.1. The van der Waals surface area contributed by atoms with Gasteiger partial charge in [-0.3, -0.25) is 4.79 Å². The van der Waals surface area contributed by atoms with Crippen LogP contribution in [0.15, 0.2) is 24.3 Å². The van der Waals surface area contributed by atoms with E-state index in [0.717, 1.165) is 32.4 Å². The smallest absolute Gasteiger partial charge is 0.251 e. The molecule has 1 heterocycles. The monoisotopic (exact) mass is 234 g/mol. The molecule has 1 unspecified atom stereocenters. The average Bonchev–Trinajstić information content (AvgIpc) is 2.58. The van der Waals surface area contributed by atoms with Crippen LogP contribution in [-0.4, -0.2) is 30.1 Å². The fourth-order valence-corrected chi connectivity index (χ4v) is 2.04. The van der Waals surface area contributed by atoms with Crippen LogP contribution in [0, 0.1) is 0 Å². The van der Waals surface area contributed by atoms with Gasteiger partial charge in [0.25, 0.3) is 5.91 Å². The van der Waals surface area contributed by atoms with Crippen molar-refractivity contribution in [3.8, 4) is 5.75 Å². The molecule has 3 N–H and O–H groups in total. The lowest BCUT2D eigenvalue weighted by molar-refractivity contribution is 0.0934. The Morgan fingerprint density at radius 1 is 1.24 bits per heavy atom. The second kappa shape index (κ2) is 5.68. The van der Waals surface area contributed by atoms with Gasteiger partial charge in [0.1, 0.15) is 5.75 Å². The fourth-order valence-electron chi connectivity index (χ4n) is 2.04. The minimum absolute atomic E-state index is 0.0584. The van der Waals surface area contributed by atoms with Gasteiger partial charge in [0, 0.05) is 11.6 Å². The van der Waals surface area contributed by atoms with Crippen LogP contribution < -0.4 is 10.6 Å². The van der Waals surface area contributed by atoms with Crippen LogP contribution in [-0.2, 0) is 0 Å². The second-order valence-corrected chi connectivity index (χ2v) is 4.40. The van der Waals surface area contributed by atoms with Crippen molar-refractivity contribution in [2.45, 2.75) is 25.3 Å². The molecule has 1 atom stereocenters. The van der Waals surface area contributed by atoms with Crippen LogP contribution in [0.25, 0.3) is 0 Å². The van der Waals surface area contributed by atoms with Gasteiger partial charge in [-0.15, -0.1) is 0 Å². The van der Waals surface area contributed by atoms with Crippen LogP contribution >= 0.6 is 0 Å². The summed E-state index contributed by atoms with van der Waals surface area (Å²) in [6, 6.07) is 6.60. The summed E-state index contributed by atoms with van der Waals surface area (Å²) in [5, 5.41) is 15.5. The molecule has 1 aliphatic heterocycles. The maximum absolute atomic E-state index is 11.9. The summed E-state index contributed by atoms with van der Waals surface area (Å²) in [4.78, 5) is 11.9. The largest absolute Gasteiger partial charge is 0.508 e. The standard InChI is InChI=1S/C13H18N2O2/c16-12-5-3-10(4-6-12)13(17)15-11-2-1-8-14-9-7-11/h3-6,11,14,16H,1-2,7-9H2,(H,15,17). The number of phenolic OH excluding ortho intramolecular Hbond substituents is 1. The van der Waals surface area contributed by atoms with E-state index in [1.54, 1.807) is 12.1 Å². The molecule has 1 aliphatic rings. The number of phenols is 1. The van der Waals surface area contributed by atoms with Crippen molar-refractivity contribution in [1.29, 1.82) is 0 Å². The summed E-state index contributed by atoms with van der Waals surface area (Å²) in [6.07, 6.45) is 3.10. The number of aromatic hydroxyl groups is 1. The maximum Gasteiger partial charge on any atom is 0.251 e. The van der Waals surface area contributed by atoms with Gasteiger partial charge >= 0.3 is 0 Å². The van der Waals surface area contributed by atoms with E-state index in [9.17, 15) is 4.79 Å². The van der Waals surface area contributed by atoms with E-state index in [0.29, 0.717) is 5.56 Å². The van der Waals surface area contributed by atoms with Crippen LogP contribution in [0.1, 0.15) is 29.6 Å². The predicted octanol–water partition coefficient (Wildman–Crippen LogP) is 1.26. The fraction of sp³-hybridized carbons (Fsp3) is 0.462. The van der Waals surface area contributed by atoms with Crippen molar-refractivity contribution in [3.05, 3.63) is 29.8 Å². The lowest BCUT2D eigenvalue weighted by Gasteiger charge is -2.15. The van der Waals surface area contributed by atoms with Gasteiger partial charge in [-0.1, -0.05) is 0 Å². The lowest BCUT2D eigenvalue weighted by atomic mass is 10.1. The van der Waals surface area contributed by atoms with E-state index in [-0.39, 0.29) is 17.7 Å². The molecular weight excluding hydrogens is 216 g/mol. The molecule has 1 saturated heterocycles. The van der Waals surface area contributed by atoms with Gasteiger partial charge in [0.05, 0.1) is 0 Å². The van der Waals surface area contributed by atoms with Crippen molar-refractivity contribution in [3.63, 3.8) is 0 Å². The molecule has 1 fully saturated rings. The summed E-state index contributed by atoms with van der Waals surface area (Å²) >= 11 is 0. The van der Waals surface area contributed by atoms with Crippen molar-refractivity contribution in [1.82, 2.24) is 10.6 Å². The number of benzene rings is 1. The second-order valence-electron chi connectivity index (χ2n) is 4.40. The Balaban J connectivity index is 1.93. The number of nitrogens with one attached hydrogen (secondary N) is 2. The zero-order valence-electron chi connectivity index (χ0n) is 9.78. The van der Waals surface area contributed by atoms with Crippen molar-refractivity contribution in [2.75, 3.05) is 13.1 Å². The average molecular weight is 234 g/mol. The maximum atomic E-state index is 11.9. The Morgan fingerprint density at radius 2 is 2.00 bits per heavy atom. The van der Waals surface area contributed by atoms with Crippen molar-refractivity contribution < 1.29 is 9.90 Å². The molecule has 0 aromatic heterocycles. The number of carbonyl (C=O) groups excluding carboxylic acids is 1. The molecule has 1 aromatic carbocycles. The van der Waals surface area contributed by atoms with Gasteiger partial charge in [0.2, 0.25) is 0 Å². The molecule has 1 aromatic rings. The molecule has 1 amide bonds. The van der Waals surface area contributed by atoms with Crippen LogP contribution in [0.2, 0.25) is 0 Å². The number of hydrogen-bond acceptors (Lipinski definition) is 3. The highest BCUT2D eigenvalue weighted by Gasteiger charge is 2.15. The molecule has 4 nitrogen and oxygen atoms in total. The third kappa shape index (κ3) is 3.46. The molecule has 17 heavy (non-hydrogen) atoms. The van der Waals surface area contributed by atoms with Gasteiger partial charge < -0.3 is 15.7 Å². The van der Waals surface area contributed by atoms with E-state index in [1.807, 2.05) is 0 Å².